The topological polar surface area (TPSA) is 58.6 Å². The first-order valence-corrected chi connectivity index (χ1v) is 6.18. The molecule has 0 saturated carbocycles. The Morgan fingerprint density at radius 1 is 1.15 bits per heavy atom. The lowest BCUT2D eigenvalue weighted by molar-refractivity contribution is -0.110. The van der Waals surface area contributed by atoms with Gasteiger partial charge < -0.3 is 15.2 Å². The van der Waals surface area contributed by atoms with E-state index in [1.165, 1.54) is 0 Å². The fourth-order valence-corrected chi connectivity index (χ4v) is 2.18. The second-order valence-corrected chi connectivity index (χ2v) is 4.52. The number of amides is 1. The Morgan fingerprint density at radius 3 is 2.60 bits per heavy atom. The lowest BCUT2D eigenvalue weighted by atomic mass is 10.0. The summed E-state index contributed by atoms with van der Waals surface area (Å²) in [6.07, 6.45) is 1.80. The molecule has 0 atom stereocenters. The number of ether oxygens (including phenoxy) is 1. The van der Waals surface area contributed by atoms with Crippen LogP contribution in [-0.4, -0.2) is 18.1 Å². The third-order valence-electron chi connectivity index (χ3n) is 3.21. The molecule has 0 spiro atoms. The van der Waals surface area contributed by atoms with Crippen molar-refractivity contribution in [3.8, 4) is 11.5 Å². The van der Waals surface area contributed by atoms with Gasteiger partial charge in [-0.2, -0.15) is 0 Å². The third-order valence-corrected chi connectivity index (χ3v) is 3.21. The van der Waals surface area contributed by atoms with Crippen LogP contribution >= 0.6 is 0 Å². The molecule has 0 saturated heterocycles. The van der Waals surface area contributed by atoms with Crippen LogP contribution in [0.2, 0.25) is 0 Å². The van der Waals surface area contributed by atoms with Gasteiger partial charge in [0.05, 0.1) is 12.8 Å². The normalized spacial score (nSPS) is 15.1. The first-order chi connectivity index (χ1) is 9.67. The molecule has 1 aliphatic rings. The number of carbonyl (C=O) groups is 1. The van der Waals surface area contributed by atoms with Crippen LogP contribution in [0, 0.1) is 0 Å². The molecule has 1 heterocycles. The largest absolute Gasteiger partial charge is 0.508 e. The highest BCUT2D eigenvalue weighted by Crippen LogP contribution is 2.35. The van der Waals surface area contributed by atoms with E-state index in [-0.39, 0.29) is 11.7 Å². The van der Waals surface area contributed by atoms with Crippen LogP contribution in [-0.2, 0) is 4.79 Å². The number of fused-ring (bicyclic) bond motifs is 1. The monoisotopic (exact) mass is 267 g/mol. The van der Waals surface area contributed by atoms with Crippen LogP contribution in [0.4, 0.5) is 5.69 Å². The minimum atomic E-state index is -0.138. The minimum absolute atomic E-state index is 0.138. The van der Waals surface area contributed by atoms with Gasteiger partial charge in [-0.1, -0.05) is 12.1 Å². The molecule has 0 aliphatic carbocycles. The highest BCUT2D eigenvalue weighted by Gasteiger charge is 2.24. The van der Waals surface area contributed by atoms with Crippen LogP contribution in [0.3, 0.4) is 0 Å². The van der Waals surface area contributed by atoms with Gasteiger partial charge in [0.15, 0.2) is 0 Å². The Labute approximate surface area is 116 Å². The molecule has 20 heavy (non-hydrogen) atoms. The Hall–Kier alpha value is -2.75. The third kappa shape index (κ3) is 2.12. The van der Waals surface area contributed by atoms with Crippen molar-refractivity contribution in [3.63, 3.8) is 0 Å². The zero-order valence-electron chi connectivity index (χ0n) is 10.9. The predicted octanol–water partition coefficient (Wildman–Crippen LogP) is 2.89. The summed E-state index contributed by atoms with van der Waals surface area (Å²) in [7, 11) is 1.59. The number of benzene rings is 2. The maximum atomic E-state index is 12.0. The Kier molecular flexibility index (Phi) is 2.91. The highest BCUT2D eigenvalue weighted by molar-refractivity contribution is 6.35. The van der Waals surface area contributed by atoms with Crippen LogP contribution < -0.4 is 10.1 Å². The summed E-state index contributed by atoms with van der Waals surface area (Å²) >= 11 is 0. The van der Waals surface area contributed by atoms with Gasteiger partial charge in [-0.15, -0.1) is 0 Å². The van der Waals surface area contributed by atoms with Crippen molar-refractivity contribution >= 4 is 23.2 Å². The molecule has 0 radical (unpaired) electrons. The number of hydrogen-bond acceptors (Lipinski definition) is 3. The van der Waals surface area contributed by atoms with Gasteiger partial charge in [0.2, 0.25) is 0 Å². The van der Waals surface area contributed by atoms with Gasteiger partial charge in [0, 0.05) is 17.2 Å². The molecule has 0 fully saturated rings. The summed E-state index contributed by atoms with van der Waals surface area (Å²) < 4.78 is 5.14. The first kappa shape index (κ1) is 12.3. The molecule has 1 aliphatic heterocycles. The van der Waals surface area contributed by atoms with Crippen molar-refractivity contribution in [1.29, 1.82) is 0 Å². The summed E-state index contributed by atoms with van der Waals surface area (Å²) in [5.41, 5.74) is 3.06. The lowest BCUT2D eigenvalue weighted by Crippen LogP contribution is -2.03. The lowest BCUT2D eigenvalue weighted by Gasteiger charge is -2.02. The van der Waals surface area contributed by atoms with Crippen LogP contribution in [0.1, 0.15) is 11.1 Å². The summed E-state index contributed by atoms with van der Waals surface area (Å²) in [4.78, 5) is 12.0. The number of phenols is 1. The highest BCUT2D eigenvalue weighted by atomic mass is 16.5. The molecule has 4 heteroatoms. The van der Waals surface area contributed by atoms with E-state index in [2.05, 4.69) is 5.32 Å². The number of nitrogens with one attached hydrogen (secondary N) is 1. The average Bonchev–Trinajstić information content (AvgIpc) is 2.76. The van der Waals surface area contributed by atoms with Gasteiger partial charge in [-0.3, -0.25) is 4.79 Å². The van der Waals surface area contributed by atoms with Crippen molar-refractivity contribution in [3.05, 3.63) is 53.6 Å². The molecule has 0 unspecified atom stereocenters. The molecule has 2 aromatic carbocycles. The second kappa shape index (κ2) is 4.74. The maximum Gasteiger partial charge on any atom is 0.256 e. The van der Waals surface area contributed by atoms with Crippen molar-refractivity contribution in [1.82, 2.24) is 0 Å². The standard InChI is InChI=1S/C16H13NO3/c1-20-12-6-7-13-14(16(19)17-15(13)9-12)8-10-2-4-11(18)5-3-10/h2-9,18H,1H3,(H,17,19)/b14-8+. The van der Waals surface area contributed by atoms with E-state index in [9.17, 15) is 9.90 Å². The number of rotatable bonds is 2. The van der Waals surface area contributed by atoms with Gasteiger partial charge in [-0.25, -0.2) is 0 Å². The van der Waals surface area contributed by atoms with Gasteiger partial charge in [0.1, 0.15) is 11.5 Å². The van der Waals surface area contributed by atoms with E-state index in [0.29, 0.717) is 11.3 Å². The SMILES string of the molecule is COc1ccc2c(c1)NC(=O)/C2=C/c1ccc(O)cc1. The Morgan fingerprint density at radius 2 is 1.90 bits per heavy atom. The summed E-state index contributed by atoms with van der Waals surface area (Å²) in [5.74, 6) is 0.768. The molecule has 1 amide bonds. The quantitative estimate of drug-likeness (QED) is 0.822. The Bertz CT molecular complexity index is 702. The van der Waals surface area contributed by atoms with Crippen molar-refractivity contribution < 1.29 is 14.6 Å². The molecular weight excluding hydrogens is 254 g/mol. The van der Waals surface area contributed by atoms with Gasteiger partial charge in [-0.05, 0) is 35.9 Å². The minimum Gasteiger partial charge on any atom is -0.508 e. The average molecular weight is 267 g/mol. The van der Waals surface area contributed by atoms with Crippen LogP contribution in [0.5, 0.6) is 11.5 Å². The van der Waals surface area contributed by atoms with Crippen LogP contribution in [0.15, 0.2) is 42.5 Å². The Balaban J connectivity index is 2.03. The van der Waals surface area contributed by atoms with E-state index in [4.69, 9.17) is 4.74 Å². The molecule has 0 bridgehead atoms. The summed E-state index contributed by atoms with van der Waals surface area (Å²) in [5, 5.41) is 12.1. The zero-order valence-corrected chi connectivity index (χ0v) is 10.9. The van der Waals surface area contributed by atoms with E-state index in [1.54, 1.807) is 43.5 Å². The van der Waals surface area contributed by atoms with E-state index >= 15 is 0 Å². The fourth-order valence-electron chi connectivity index (χ4n) is 2.18. The molecule has 4 nitrogen and oxygen atoms in total. The van der Waals surface area contributed by atoms with Crippen LogP contribution in [0.25, 0.3) is 11.6 Å². The van der Waals surface area contributed by atoms with E-state index in [1.807, 2.05) is 12.1 Å². The zero-order chi connectivity index (χ0) is 14.1. The number of hydrogen-bond donors (Lipinski definition) is 2. The number of anilines is 1. The molecule has 100 valence electrons. The molecule has 2 N–H and O–H groups in total. The summed E-state index contributed by atoms with van der Waals surface area (Å²) in [6, 6.07) is 12.2. The first-order valence-electron chi connectivity index (χ1n) is 6.18. The maximum absolute atomic E-state index is 12.0. The number of phenolic OH excluding ortho intramolecular Hbond substituents is 1. The van der Waals surface area contributed by atoms with Crippen molar-refractivity contribution in [2.45, 2.75) is 0 Å². The molecule has 0 aromatic heterocycles. The predicted molar refractivity (Wildman–Crippen MR) is 77.6 cm³/mol. The smallest absolute Gasteiger partial charge is 0.256 e. The number of aromatic hydroxyl groups is 1. The molecule has 2 aromatic rings. The number of methoxy groups -OCH3 is 1. The second-order valence-electron chi connectivity index (χ2n) is 4.52. The molecular formula is C16H13NO3. The van der Waals surface area contributed by atoms with E-state index in [0.717, 1.165) is 16.8 Å². The van der Waals surface area contributed by atoms with Gasteiger partial charge in [0.25, 0.3) is 5.91 Å². The van der Waals surface area contributed by atoms with Crippen molar-refractivity contribution in [2.24, 2.45) is 0 Å². The summed E-state index contributed by atoms with van der Waals surface area (Å²) in [6.45, 7) is 0. The number of carbonyl (C=O) groups excluding carboxylic acids is 1. The van der Waals surface area contributed by atoms with E-state index < -0.39 is 0 Å². The molecule has 3 rings (SSSR count). The van der Waals surface area contributed by atoms with Crippen molar-refractivity contribution in [2.75, 3.05) is 12.4 Å². The van der Waals surface area contributed by atoms with Gasteiger partial charge >= 0.3 is 0 Å². The fraction of sp³-hybridized carbons (Fsp3) is 0.0625.